The first-order chi connectivity index (χ1) is 12.2. The first kappa shape index (κ1) is 27.3. The van der Waals surface area contributed by atoms with E-state index in [1.54, 1.807) is 0 Å². The zero-order valence-corrected chi connectivity index (χ0v) is 15.5. The molecule has 2 atom stereocenters. The highest BCUT2D eigenvalue weighted by Crippen LogP contribution is 2.47. The Morgan fingerprint density at radius 2 is 1.36 bits per heavy atom. The van der Waals surface area contributed by atoms with Crippen LogP contribution in [0.2, 0.25) is 0 Å². The number of hydrogen-bond donors (Lipinski definition) is 2. The summed E-state index contributed by atoms with van der Waals surface area (Å²) in [4.78, 5) is 14.7. The van der Waals surface area contributed by atoms with E-state index in [0.717, 1.165) is 6.92 Å². The summed E-state index contributed by atoms with van der Waals surface area (Å²) in [7, 11) is -2.87. The highest BCUT2D eigenvalue weighted by Gasteiger charge is 2.64. The molecule has 1 heterocycles. The third-order valence-electron chi connectivity index (χ3n) is 4.36. The average molecular weight is 458 g/mol. The van der Waals surface area contributed by atoms with Gasteiger partial charge >= 0.3 is 32.5 Å². The molecule has 0 aromatic rings. The summed E-state index contributed by atoms with van der Waals surface area (Å²) in [5.74, 6) is -10.4. The molecule has 1 fully saturated rings. The van der Waals surface area contributed by atoms with Gasteiger partial charge in [0.1, 0.15) is 0 Å². The van der Waals surface area contributed by atoms with Gasteiger partial charge in [0, 0.05) is 22.6 Å². The Labute approximate surface area is 154 Å². The van der Waals surface area contributed by atoms with Gasteiger partial charge in [-0.15, -0.1) is 9.79 Å². The molecule has 0 amide bonds. The van der Waals surface area contributed by atoms with Gasteiger partial charge in [0.2, 0.25) is 0 Å². The van der Waals surface area contributed by atoms with Gasteiger partial charge < -0.3 is 0 Å². The van der Waals surface area contributed by atoms with Gasteiger partial charge in [-0.25, -0.2) is 0 Å². The lowest BCUT2D eigenvalue weighted by Gasteiger charge is -2.51. The molecule has 0 radical (unpaired) electrons. The molecule has 1 aliphatic heterocycles. The molecule has 0 aromatic heterocycles. The number of halogens is 10. The summed E-state index contributed by atoms with van der Waals surface area (Å²) in [5.41, 5.74) is -2.13. The Balaban J connectivity index is 0.00000165. The quantitative estimate of drug-likeness (QED) is 0.458. The van der Waals surface area contributed by atoms with E-state index in [2.05, 4.69) is 0 Å². The molecular weight excluding hydrogens is 439 g/mol. The molecule has 1 saturated heterocycles. The fourth-order valence-corrected chi connectivity index (χ4v) is 3.03. The molecule has 0 aliphatic carbocycles. The number of hydrogen-bond acceptors (Lipinski definition) is 2. The Bertz CT molecular complexity index is 536. The van der Waals surface area contributed by atoms with Gasteiger partial charge in [0.05, 0.1) is 6.54 Å². The summed E-state index contributed by atoms with van der Waals surface area (Å²) in [6.07, 6.45) is -13.8. The number of rotatable bonds is 4. The van der Waals surface area contributed by atoms with Crippen molar-refractivity contribution in [1.29, 1.82) is 0 Å². The van der Waals surface area contributed by atoms with E-state index in [-0.39, 0.29) is 19.3 Å². The van der Waals surface area contributed by atoms with Gasteiger partial charge in [0.25, 0.3) is 0 Å². The summed E-state index contributed by atoms with van der Waals surface area (Å²) >= 11 is 0. The van der Waals surface area contributed by atoms with Gasteiger partial charge in [-0.3, -0.25) is 4.90 Å². The van der Waals surface area contributed by atoms with Crippen molar-refractivity contribution < 1.29 is 58.3 Å². The third kappa shape index (κ3) is 7.27. The Kier molecular flexibility index (Phi) is 8.74. The maximum absolute atomic E-state index is 13.4. The van der Waals surface area contributed by atoms with Crippen LogP contribution in [0.4, 0.5) is 43.9 Å². The first-order valence-electron chi connectivity index (χ1n) is 7.67. The highest BCUT2D eigenvalue weighted by molar-refractivity contribution is 7.30. The minimum absolute atomic E-state index is 0.126. The van der Waals surface area contributed by atoms with E-state index in [9.17, 15) is 43.9 Å². The van der Waals surface area contributed by atoms with E-state index in [4.69, 9.17) is 14.4 Å². The van der Waals surface area contributed by atoms with Crippen LogP contribution in [0.3, 0.4) is 0 Å². The van der Waals surface area contributed by atoms with Gasteiger partial charge in [-0.05, 0) is 26.7 Å². The Morgan fingerprint density at radius 1 is 0.964 bits per heavy atom. The third-order valence-corrected chi connectivity index (χ3v) is 4.36. The van der Waals surface area contributed by atoms with Crippen molar-refractivity contribution in [2.75, 3.05) is 6.54 Å². The highest BCUT2D eigenvalue weighted by atomic mass is 31.1. The fraction of sp³-hybridized carbons (Fsp3) is 1.00. The maximum Gasteiger partial charge on any atom is 0.692 e. The number of piperidine rings is 1. The summed E-state index contributed by atoms with van der Waals surface area (Å²) in [6, 6.07) is -0.985. The fourth-order valence-electron chi connectivity index (χ4n) is 3.03. The molecule has 4 nitrogen and oxygen atoms in total. The van der Waals surface area contributed by atoms with Crippen LogP contribution >= 0.6 is 8.25 Å². The average Bonchev–Trinajstić information content (AvgIpc) is 2.39. The number of likely N-dealkylation sites (tertiary alicyclic amines) is 1. The number of nitrogens with zero attached hydrogens (tertiary/aromatic N) is 1. The molecule has 0 spiro atoms. The van der Waals surface area contributed by atoms with Crippen LogP contribution in [-0.4, -0.2) is 57.0 Å². The molecule has 0 saturated carbocycles. The predicted molar refractivity (Wildman–Crippen MR) is 77.1 cm³/mol. The zero-order valence-electron chi connectivity index (χ0n) is 14.6. The molecule has 28 heavy (non-hydrogen) atoms. The largest absolute Gasteiger partial charge is 0.692 e. The van der Waals surface area contributed by atoms with Gasteiger partial charge in [-0.2, -0.15) is 43.9 Å². The second kappa shape index (κ2) is 8.97. The van der Waals surface area contributed by atoms with Crippen LogP contribution in [-0.2, 0) is 4.57 Å². The molecule has 2 unspecified atom stereocenters. The molecule has 1 aliphatic rings. The normalized spacial score (nSPS) is 25.1. The molecule has 1 rings (SSSR count). The van der Waals surface area contributed by atoms with Crippen LogP contribution in [0.1, 0.15) is 39.5 Å². The van der Waals surface area contributed by atoms with Crippen molar-refractivity contribution in [2.45, 2.75) is 75.3 Å². The minimum Gasteiger partial charge on any atom is -0.289 e. The molecule has 15 heteroatoms. The Hall–Kier alpha value is -0.720. The minimum atomic E-state index is -5.92. The van der Waals surface area contributed by atoms with Crippen molar-refractivity contribution in [2.24, 2.45) is 0 Å². The zero-order chi connectivity index (χ0) is 22.8. The molecule has 0 aromatic carbocycles. The van der Waals surface area contributed by atoms with E-state index >= 15 is 0 Å². The van der Waals surface area contributed by atoms with Crippen molar-refractivity contribution in [1.82, 2.24) is 4.90 Å². The molecule has 168 valence electrons. The monoisotopic (exact) mass is 458 g/mol. The standard InChI is InChI=1S/C13H17F10N.HO3P/c1-8-4-3-5-9(2,6-10(14,15)12(18,19)20)24(8)7-11(16,17)13(21,22)23;1-4(2)3/h8H,3-7H2,1-2H3;(H-,1,2,3)/p+1. The molecule has 0 bridgehead atoms. The Morgan fingerprint density at radius 3 is 1.71 bits per heavy atom. The molecular formula is C13H19F10NO3P+. The second-order valence-electron chi connectivity index (χ2n) is 6.70. The van der Waals surface area contributed by atoms with Crippen molar-refractivity contribution in [3.63, 3.8) is 0 Å². The van der Waals surface area contributed by atoms with Gasteiger partial charge in [-0.1, -0.05) is 6.42 Å². The topological polar surface area (TPSA) is 60.8 Å². The van der Waals surface area contributed by atoms with Crippen LogP contribution in [0.5, 0.6) is 0 Å². The number of alkyl halides is 10. The SMILES string of the molecule is CC1CCCC(C)(CC(F)(F)C(F)(F)F)N1CC(F)(F)C(F)(F)F.O=[P+](O)O. The predicted octanol–water partition coefficient (Wildman–Crippen LogP) is 5.03. The van der Waals surface area contributed by atoms with E-state index in [1.165, 1.54) is 6.92 Å². The lowest BCUT2D eigenvalue weighted by Crippen LogP contribution is -2.62. The van der Waals surface area contributed by atoms with Crippen LogP contribution in [0.15, 0.2) is 0 Å². The van der Waals surface area contributed by atoms with Crippen LogP contribution in [0.25, 0.3) is 0 Å². The van der Waals surface area contributed by atoms with Crippen molar-refractivity contribution in [3.05, 3.63) is 0 Å². The van der Waals surface area contributed by atoms with E-state index in [0.29, 0.717) is 4.90 Å². The van der Waals surface area contributed by atoms with Crippen molar-refractivity contribution >= 4 is 8.25 Å². The van der Waals surface area contributed by atoms with Crippen LogP contribution in [0, 0.1) is 0 Å². The van der Waals surface area contributed by atoms with E-state index < -0.39 is 57.0 Å². The van der Waals surface area contributed by atoms with Crippen LogP contribution < -0.4 is 0 Å². The molecule has 2 N–H and O–H groups in total. The van der Waals surface area contributed by atoms with Crippen molar-refractivity contribution in [3.8, 4) is 0 Å². The first-order valence-corrected chi connectivity index (χ1v) is 8.84. The summed E-state index contributed by atoms with van der Waals surface area (Å²) in [5, 5.41) is 0. The lowest BCUT2D eigenvalue weighted by molar-refractivity contribution is -0.306. The smallest absolute Gasteiger partial charge is 0.289 e. The lowest BCUT2D eigenvalue weighted by atomic mass is 9.80. The van der Waals surface area contributed by atoms with Gasteiger partial charge in [0.15, 0.2) is 0 Å². The maximum atomic E-state index is 13.4. The summed E-state index contributed by atoms with van der Waals surface area (Å²) in [6.45, 7) is 0.145. The second-order valence-corrected chi connectivity index (χ2v) is 7.21. The summed E-state index contributed by atoms with van der Waals surface area (Å²) < 4.78 is 136. The van der Waals surface area contributed by atoms with E-state index in [1.807, 2.05) is 0 Å².